The van der Waals surface area contributed by atoms with Gasteiger partial charge in [0.05, 0.1) is 17.8 Å². The minimum atomic E-state index is -0.729. The van der Waals surface area contributed by atoms with E-state index in [-0.39, 0.29) is 6.42 Å². The molecule has 1 N–H and O–H groups in total. The number of benzene rings is 1. The second kappa shape index (κ2) is 5.95. The summed E-state index contributed by atoms with van der Waals surface area (Å²) in [6, 6.07) is 6.37. The van der Waals surface area contributed by atoms with Gasteiger partial charge in [0.15, 0.2) is 0 Å². The molecule has 0 spiro atoms. The third kappa shape index (κ3) is 3.00. The van der Waals surface area contributed by atoms with Crippen LogP contribution in [0.25, 0.3) is 0 Å². The fourth-order valence-corrected chi connectivity index (χ4v) is 2.72. The van der Waals surface area contributed by atoms with Crippen LogP contribution in [0.15, 0.2) is 18.2 Å². The van der Waals surface area contributed by atoms with Crippen LogP contribution >= 0.6 is 0 Å². The summed E-state index contributed by atoms with van der Waals surface area (Å²) in [6.07, 6.45) is 2.23. The average Bonchev–Trinajstić information content (AvgIpc) is 2.56. The van der Waals surface area contributed by atoms with E-state index in [1.54, 1.807) is 0 Å². The standard InChI is InChI=1S/C15H22N2O2/c1-3-12-6-4-7-13-15(12)17(11-8-14(18)19)10-5-9-16(13)2/h4,6-7H,3,5,8-11H2,1-2H3,(H,18,19). The number of rotatable bonds is 4. The van der Waals surface area contributed by atoms with Gasteiger partial charge in [-0.25, -0.2) is 0 Å². The summed E-state index contributed by atoms with van der Waals surface area (Å²) in [5.41, 5.74) is 3.75. The molecule has 0 radical (unpaired) electrons. The number of carboxylic acids is 1. The second-order valence-corrected chi connectivity index (χ2v) is 5.04. The number of hydrogen-bond donors (Lipinski definition) is 1. The summed E-state index contributed by atoms with van der Waals surface area (Å²) in [5, 5.41) is 8.90. The topological polar surface area (TPSA) is 43.8 Å². The molecule has 0 bridgehead atoms. The average molecular weight is 262 g/mol. The Morgan fingerprint density at radius 1 is 1.37 bits per heavy atom. The van der Waals surface area contributed by atoms with Crippen LogP contribution in [-0.2, 0) is 11.2 Å². The molecule has 1 aliphatic rings. The normalized spacial score (nSPS) is 15.1. The first-order valence-corrected chi connectivity index (χ1v) is 6.93. The van der Waals surface area contributed by atoms with E-state index in [4.69, 9.17) is 5.11 Å². The van der Waals surface area contributed by atoms with E-state index in [0.717, 1.165) is 25.9 Å². The highest BCUT2D eigenvalue weighted by atomic mass is 16.4. The molecule has 1 heterocycles. The number of carboxylic acid groups (broad SMARTS) is 1. The molecule has 0 saturated carbocycles. The lowest BCUT2D eigenvalue weighted by atomic mass is 10.1. The van der Waals surface area contributed by atoms with Crippen LogP contribution in [0.4, 0.5) is 11.4 Å². The Hall–Kier alpha value is -1.71. The third-order valence-corrected chi connectivity index (χ3v) is 3.72. The molecule has 1 aromatic rings. The van der Waals surface area contributed by atoms with Crippen LogP contribution in [0.3, 0.4) is 0 Å². The minimum absolute atomic E-state index is 0.196. The zero-order chi connectivity index (χ0) is 13.8. The van der Waals surface area contributed by atoms with Gasteiger partial charge in [0.1, 0.15) is 0 Å². The number of aryl methyl sites for hydroxylation is 1. The first-order valence-electron chi connectivity index (χ1n) is 6.93. The van der Waals surface area contributed by atoms with Gasteiger partial charge < -0.3 is 14.9 Å². The van der Waals surface area contributed by atoms with Crippen LogP contribution < -0.4 is 9.80 Å². The Bertz CT molecular complexity index is 459. The maximum absolute atomic E-state index is 10.8. The third-order valence-electron chi connectivity index (χ3n) is 3.72. The fourth-order valence-electron chi connectivity index (χ4n) is 2.72. The fraction of sp³-hybridized carbons (Fsp3) is 0.533. The number of anilines is 2. The van der Waals surface area contributed by atoms with E-state index in [0.29, 0.717) is 6.54 Å². The molecule has 0 atom stereocenters. The maximum atomic E-state index is 10.8. The van der Waals surface area contributed by atoms with Gasteiger partial charge in [0.25, 0.3) is 0 Å². The molecular formula is C15H22N2O2. The molecule has 0 saturated heterocycles. The highest BCUT2D eigenvalue weighted by Crippen LogP contribution is 2.35. The largest absolute Gasteiger partial charge is 0.481 e. The summed E-state index contributed by atoms with van der Waals surface area (Å²) in [6.45, 7) is 4.69. The first kappa shape index (κ1) is 13.7. The van der Waals surface area contributed by atoms with Gasteiger partial charge in [-0.15, -0.1) is 0 Å². The molecule has 0 amide bonds. The number of carbonyl (C=O) groups is 1. The van der Waals surface area contributed by atoms with Gasteiger partial charge >= 0.3 is 5.97 Å². The number of fused-ring (bicyclic) bond motifs is 1. The van der Waals surface area contributed by atoms with Gasteiger partial charge in [-0.1, -0.05) is 19.1 Å². The van der Waals surface area contributed by atoms with Crippen LogP contribution in [0.1, 0.15) is 25.3 Å². The maximum Gasteiger partial charge on any atom is 0.305 e. The van der Waals surface area contributed by atoms with Gasteiger partial charge in [0.2, 0.25) is 0 Å². The second-order valence-electron chi connectivity index (χ2n) is 5.04. The van der Waals surface area contributed by atoms with E-state index in [1.807, 2.05) is 0 Å². The lowest BCUT2D eigenvalue weighted by Gasteiger charge is -2.28. The minimum Gasteiger partial charge on any atom is -0.481 e. The molecule has 104 valence electrons. The van der Waals surface area contributed by atoms with Crippen molar-refractivity contribution in [3.63, 3.8) is 0 Å². The van der Waals surface area contributed by atoms with Crippen molar-refractivity contribution in [2.75, 3.05) is 36.5 Å². The van der Waals surface area contributed by atoms with Crippen molar-refractivity contribution in [2.45, 2.75) is 26.2 Å². The molecule has 0 unspecified atom stereocenters. The van der Waals surface area contributed by atoms with Crippen molar-refractivity contribution in [3.8, 4) is 0 Å². The van der Waals surface area contributed by atoms with Crippen molar-refractivity contribution < 1.29 is 9.90 Å². The molecule has 1 aromatic carbocycles. The summed E-state index contributed by atoms with van der Waals surface area (Å²) >= 11 is 0. The van der Waals surface area contributed by atoms with E-state index >= 15 is 0 Å². The zero-order valence-corrected chi connectivity index (χ0v) is 11.7. The SMILES string of the molecule is CCc1cccc2c1N(CCC(=O)O)CCCN2C. The molecule has 4 heteroatoms. The van der Waals surface area contributed by atoms with E-state index in [1.165, 1.54) is 16.9 Å². The first-order chi connectivity index (χ1) is 9.13. The molecule has 0 aromatic heterocycles. The lowest BCUT2D eigenvalue weighted by molar-refractivity contribution is -0.136. The molecule has 1 aliphatic heterocycles. The van der Waals surface area contributed by atoms with Crippen molar-refractivity contribution in [1.82, 2.24) is 0 Å². The van der Waals surface area contributed by atoms with E-state index in [2.05, 4.69) is 42.0 Å². The monoisotopic (exact) mass is 262 g/mol. The Balaban J connectivity index is 2.36. The van der Waals surface area contributed by atoms with Gasteiger partial charge in [0, 0.05) is 26.7 Å². The van der Waals surface area contributed by atoms with Crippen molar-refractivity contribution in [1.29, 1.82) is 0 Å². The van der Waals surface area contributed by atoms with Gasteiger partial charge in [-0.2, -0.15) is 0 Å². The van der Waals surface area contributed by atoms with Crippen molar-refractivity contribution >= 4 is 17.3 Å². The van der Waals surface area contributed by atoms with Gasteiger partial charge in [-0.05, 0) is 24.5 Å². The highest BCUT2D eigenvalue weighted by molar-refractivity contribution is 5.76. The smallest absolute Gasteiger partial charge is 0.305 e. The van der Waals surface area contributed by atoms with Gasteiger partial charge in [-0.3, -0.25) is 4.79 Å². The molecule has 0 fully saturated rings. The quantitative estimate of drug-likeness (QED) is 0.904. The van der Waals surface area contributed by atoms with Crippen LogP contribution in [0, 0.1) is 0 Å². The van der Waals surface area contributed by atoms with Crippen molar-refractivity contribution in [3.05, 3.63) is 23.8 Å². The lowest BCUT2D eigenvalue weighted by Crippen LogP contribution is -2.27. The number of hydrogen-bond acceptors (Lipinski definition) is 3. The molecule has 0 aliphatic carbocycles. The number of para-hydroxylation sites is 1. The Morgan fingerprint density at radius 3 is 2.84 bits per heavy atom. The van der Waals surface area contributed by atoms with E-state index < -0.39 is 5.97 Å². The number of aliphatic carboxylic acids is 1. The Labute approximate surface area is 114 Å². The highest BCUT2D eigenvalue weighted by Gasteiger charge is 2.21. The predicted molar refractivity (Wildman–Crippen MR) is 78.2 cm³/mol. The molecular weight excluding hydrogens is 240 g/mol. The Morgan fingerprint density at radius 2 is 2.16 bits per heavy atom. The predicted octanol–water partition coefficient (Wildman–Crippen LogP) is 2.37. The summed E-state index contributed by atoms with van der Waals surface area (Å²) in [5.74, 6) is -0.729. The zero-order valence-electron chi connectivity index (χ0n) is 11.7. The summed E-state index contributed by atoms with van der Waals surface area (Å²) < 4.78 is 0. The van der Waals surface area contributed by atoms with Crippen LogP contribution in [-0.4, -0.2) is 37.8 Å². The summed E-state index contributed by atoms with van der Waals surface area (Å²) in [4.78, 5) is 15.3. The molecule has 2 rings (SSSR count). The van der Waals surface area contributed by atoms with E-state index in [9.17, 15) is 4.79 Å². The van der Waals surface area contributed by atoms with Crippen molar-refractivity contribution in [2.24, 2.45) is 0 Å². The Kier molecular flexibility index (Phi) is 4.30. The summed E-state index contributed by atoms with van der Waals surface area (Å²) in [7, 11) is 2.11. The molecule has 4 nitrogen and oxygen atoms in total. The van der Waals surface area contributed by atoms with Crippen LogP contribution in [0.5, 0.6) is 0 Å². The van der Waals surface area contributed by atoms with Crippen LogP contribution in [0.2, 0.25) is 0 Å². The number of nitrogens with zero attached hydrogens (tertiary/aromatic N) is 2. The molecule has 19 heavy (non-hydrogen) atoms.